The summed E-state index contributed by atoms with van der Waals surface area (Å²) in [4.78, 5) is 20.0. The molecule has 0 unspecified atom stereocenters. The Morgan fingerprint density at radius 3 is 2.48 bits per heavy atom. The van der Waals surface area contributed by atoms with Crippen molar-refractivity contribution in [2.24, 2.45) is 5.41 Å². The van der Waals surface area contributed by atoms with Crippen LogP contribution < -0.4 is 4.90 Å². The number of carbonyl (C=O) groups is 1. The zero-order valence-corrected chi connectivity index (χ0v) is 27.1. The smallest absolute Gasteiger partial charge is 0.337 e. The lowest BCUT2D eigenvalue weighted by atomic mass is 9.76. The van der Waals surface area contributed by atoms with Crippen LogP contribution in [0.2, 0.25) is 0 Å². The summed E-state index contributed by atoms with van der Waals surface area (Å²) in [5.74, 6) is -0.252. The van der Waals surface area contributed by atoms with Crippen LogP contribution in [0.15, 0.2) is 36.5 Å². The summed E-state index contributed by atoms with van der Waals surface area (Å²) in [5, 5.41) is 20.4. The molecule has 8 bridgehead atoms. The number of aromatic nitrogens is 5. The van der Waals surface area contributed by atoms with Gasteiger partial charge in [0, 0.05) is 36.6 Å². The minimum absolute atomic E-state index is 0.264. The summed E-state index contributed by atoms with van der Waals surface area (Å²) in [6, 6.07) is 10.3. The Hall–Kier alpha value is -3.72. The van der Waals surface area contributed by atoms with Crippen LogP contribution in [0.1, 0.15) is 101 Å². The first kappa shape index (κ1) is 30.3. The second-order valence-corrected chi connectivity index (χ2v) is 14.1. The fourth-order valence-electron chi connectivity index (χ4n) is 6.86. The lowest BCUT2D eigenvalue weighted by Gasteiger charge is -2.41. The molecule has 0 spiro atoms. The first-order valence-corrected chi connectivity index (χ1v) is 16.1. The number of ether oxygens (including phenoxy) is 1. The Kier molecular flexibility index (Phi) is 8.03. The van der Waals surface area contributed by atoms with Gasteiger partial charge in [-0.2, -0.15) is 14.7 Å². The molecule has 234 valence electrons. The van der Waals surface area contributed by atoms with Crippen molar-refractivity contribution < 1.29 is 14.6 Å². The maximum Gasteiger partial charge on any atom is 0.337 e. The van der Waals surface area contributed by atoms with Crippen molar-refractivity contribution in [3.63, 3.8) is 0 Å². The second kappa shape index (κ2) is 11.7. The van der Waals surface area contributed by atoms with Crippen LogP contribution in [-0.4, -0.2) is 54.1 Å². The molecular weight excluding hydrogens is 552 g/mol. The summed E-state index contributed by atoms with van der Waals surface area (Å²) in [6.45, 7) is 13.7. The number of hydrogen-bond donors (Lipinski definition) is 1. The lowest BCUT2D eigenvalue weighted by molar-refractivity contribution is -0.160. The number of aliphatic carboxylic acids is 1. The fourth-order valence-corrected chi connectivity index (χ4v) is 6.86. The van der Waals surface area contributed by atoms with E-state index in [-0.39, 0.29) is 5.41 Å². The highest BCUT2D eigenvalue weighted by atomic mass is 16.5. The fraction of sp³-hybridized carbons (Fsp3) is 0.543. The predicted octanol–water partition coefficient (Wildman–Crippen LogP) is 7.25. The van der Waals surface area contributed by atoms with E-state index < -0.39 is 17.7 Å². The van der Waals surface area contributed by atoms with E-state index in [0.717, 1.165) is 60.8 Å². The number of fused-ring (bicyclic) bond motifs is 7. The number of nitrogens with zero attached hydrogens (tertiary/aromatic N) is 6. The van der Waals surface area contributed by atoms with Gasteiger partial charge in [-0.05, 0) is 89.8 Å². The molecule has 3 aliphatic heterocycles. The van der Waals surface area contributed by atoms with E-state index in [4.69, 9.17) is 19.9 Å². The molecule has 1 atom stereocenters. The van der Waals surface area contributed by atoms with Gasteiger partial charge in [-0.25, -0.2) is 14.5 Å². The number of piperidine rings is 1. The van der Waals surface area contributed by atoms with Gasteiger partial charge in [0.25, 0.3) is 0 Å². The number of hydrogen-bond acceptors (Lipinski definition) is 6. The van der Waals surface area contributed by atoms with E-state index in [1.165, 1.54) is 37.7 Å². The van der Waals surface area contributed by atoms with Crippen LogP contribution in [0.3, 0.4) is 0 Å². The summed E-state index contributed by atoms with van der Waals surface area (Å²) in [6.07, 6.45) is 10.2. The summed E-state index contributed by atoms with van der Waals surface area (Å²) in [5.41, 5.74) is 6.62. The van der Waals surface area contributed by atoms with Crippen LogP contribution in [0.4, 0.5) is 5.82 Å². The van der Waals surface area contributed by atoms with E-state index in [2.05, 4.69) is 43.1 Å². The molecule has 1 aromatic carbocycles. The maximum atomic E-state index is 12.8. The van der Waals surface area contributed by atoms with Gasteiger partial charge in [-0.15, -0.1) is 0 Å². The van der Waals surface area contributed by atoms with Crippen molar-refractivity contribution in [1.82, 2.24) is 24.4 Å². The van der Waals surface area contributed by atoms with Gasteiger partial charge in [0.15, 0.2) is 11.8 Å². The number of aryl methyl sites for hydroxylation is 3. The van der Waals surface area contributed by atoms with Crippen molar-refractivity contribution in [1.29, 1.82) is 0 Å². The number of benzene rings is 1. The largest absolute Gasteiger partial charge is 0.479 e. The van der Waals surface area contributed by atoms with Gasteiger partial charge in [-0.1, -0.05) is 38.3 Å². The Morgan fingerprint density at radius 1 is 1.00 bits per heavy atom. The van der Waals surface area contributed by atoms with Crippen molar-refractivity contribution >= 4 is 17.4 Å². The van der Waals surface area contributed by atoms with Gasteiger partial charge in [0.05, 0.1) is 28.2 Å². The molecule has 1 N–H and O–H groups in total. The number of carboxylic acid groups (broad SMARTS) is 1. The molecule has 1 saturated heterocycles. The minimum Gasteiger partial charge on any atom is -0.479 e. The highest BCUT2D eigenvalue weighted by molar-refractivity contribution is 5.79. The molecule has 44 heavy (non-hydrogen) atoms. The average molecular weight is 599 g/mol. The topological polar surface area (TPSA) is 97.8 Å². The Balaban J connectivity index is 1.52. The molecule has 0 radical (unpaired) electrons. The standard InChI is InChI=1S/C35H46N6O3/c1-23-26-12-9-7-8-10-15-35(6)16-18-39(19-17-35)32-30(31(33(42)43)44-34(3,4)5)24(2)36-29-21-28(38-41(29)32)25-13-11-14-27(20-25)40(22-26)37-23/h11,13-14,20-22,31H,7-10,12,15-19H2,1-6H3,(H,42,43)/t31-/m0/s1. The van der Waals surface area contributed by atoms with E-state index in [1.54, 1.807) is 0 Å². The zero-order chi connectivity index (χ0) is 31.2. The first-order chi connectivity index (χ1) is 20.9. The van der Waals surface area contributed by atoms with Gasteiger partial charge in [0.2, 0.25) is 0 Å². The van der Waals surface area contributed by atoms with Crippen molar-refractivity contribution in [3.8, 4) is 16.9 Å². The normalized spacial score (nSPS) is 18.1. The Labute approximate surface area is 260 Å². The quantitative estimate of drug-likeness (QED) is 0.265. The Bertz CT molecular complexity index is 1670. The molecule has 7 rings (SSSR count). The number of carboxylic acids is 1. The second-order valence-electron chi connectivity index (χ2n) is 14.1. The van der Waals surface area contributed by atoms with Crippen molar-refractivity contribution in [3.05, 3.63) is 59.0 Å². The third-order valence-electron chi connectivity index (χ3n) is 9.42. The minimum atomic E-state index is -1.17. The highest BCUT2D eigenvalue weighted by Gasteiger charge is 2.37. The van der Waals surface area contributed by atoms with Crippen LogP contribution in [0, 0.1) is 19.3 Å². The molecule has 0 amide bonds. The maximum absolute atomic E-state index is 12.8. The zero-order valence-electron chi connectivity index (χ0n) is 27.1. The van der Waals surface area contributed by atoms with Crippen molar-refractivity contribution in [2.75, 3.05) is 18.0 Å². The van der Waals surface area contributed by atoms with E-state index in [0.29, 0.717) is 16.9 Å². The molecule has 3 aromatic heterocycles. The summed E-state index contributed by atoms with van der Waals surface area (Å²) < 4.78 is 10.0. The van der Waals surface area contributed by atoms with Gasteiger partial charge in [0.1, 0.15) is 5.82 Å². The molecular formula is C35H46N6O3. The average Bonchev–Trinajstić information content (AvgIpc) is 3.56. The summed E-state index contributed by atoms with van der Waals surface area (Å²) >= 11 is 0. The molecule has 4 aromatic rings. The first-order valence-electron chi connectivity index (χ1n) is 16.1. The van der Waals surface area contributed by atoms with Crippen molar-refractivity contribution in [2.45, 2.75) is 105 Å². The predicted molar refractivity (Wildman–Crippen MR) is 173 cm³/mol. The third kappa shape index (κ3) is 6.11. The van der Waals surface area contributed by atoms with Crippen LogP contribution >= 0.6 is 0 Å². The molecule has 1 fully saturated rings. The number of rotatable bonds is 3. The molecule has 0 saturated carbocycles. The monoisotopic (exact) mass is 598 g/mol. The molecule has 0 aliphatic carbocycles. The van der Waals surface area contributed by atoms with E-state index >= 15 is 0 Å². The molecule has 9 nitrogen and oxygen atoms in total. The molecule has 3 aliphatic rings. The van der Waals surface area contributed by atoms with Crippen LogP contribution in [-0.2, 0) is 16.0 Å². The van der Waals surface area contributed by atoms with Gasteiger partial charge in [-0.3, -0.25) is 0 Å². The summed E-state index contributed by atoms with van der Waals surface area (Å²) in [7, 11) is 0. The van der Waals surface area contributed by atoms with E-state index in [9.17, 15) is 9.90 Å². The molecule has 9 heteroatoms. The Morgan fingerprint density at radius 2 is 1.75 bits per heavy atom. The third-order valence-corrected chi connectivity index (χ3v) is 9.42. The number of anilines is 1. The van der Waals surface area contributed by atoms with E-state index in [1.807, 2.05) is 49.0 Å². The van der Waals surface area contributed by atoms with Crippen LogP contribution in [0.25, 0.3) is 22.6 Å². The molecule has 6 heterocycles. The SMILES string of the molecule is Cc1nn2cc1CCCCCCC1(C)CCN(CC1)c1c([C@H](OC(C)(C)C)C(=O)O)c(C)nc3cc(nn13)-c1cccc-2c1. The highest BCUT2D eigenvalue weighted by Crippen LogP contribution is 2.41. The lowest BCUT2D eigenvalue weighted by Crippen LogP contribution is -2.41. The van der Waals surface area contributed by atoms with Crippen LogP contribution in [0.5, 0.6) is 0 Å². The van der Waals surface area contributed by atoms with Gasteiger partial charge >= 0.3 is 5.97 Å². The van der Waals surface area contributed by atoms with Gasteiger partial charge < -0.3 is 14.7 Å².